The molecule has 0 saturated heterocycles. The van der Waals surface area contributed by atoms with E-state index in [1.807, 2.05) is 37.3 Å². The molecule has 6 nitrogen and oxygen atoms in total. The smallest absolute Gasteiger partial charge is 0.247 e. The van der Waals surface area contributed by atoms with Crippen molar-refractivity contribution >= 4 is 12.4 Å². The fraction of sp³-hybridized carbons (Fsp3) is 0.529. The highest BCUT2D eigenvalue weighted by Gasteiger charge is 2.62. The molecule has 2 atom stereocenters. The summed E-state index contributed by atoms with van der Waals surface area (Å²) in [5.74, 6) is 1.70. The number of ether oxygens (including phenoxy) is 2. The molecule has 0 radical (unpaired) electrons. The molecule has 0 spiro atoms. The SMILES string of the molecule is CCOC1CC(N)(c2nc(COc3ccccc3)no2)C1(C)C.Cl. The molecular weight excluding hydrogens is 330 g/mol. The number of hydrogen-bond donors (Lipinski definition) is 1. The molecule has 132 valence electrons. The van der Waals surface area contributed by atoms with Crippen molar-refractivity contribution in [2.24, 2.45) is 11.1 Å². The maximum absolute atomic E-state index is 6.53. The molecule has 1 fully saturated rings. The van der Waals surface area contributed by atoms with Gasteiger partial charge in [-0.25, -0.2) is 0 Å². The van der Waals surface area contributed by atoms with E-state index in [1.54, 1.807) is 0 Å². The monoisotopic (exact) mass is 353 g/mol. The molecule has 2 unspecified atom stereocenters. The zero-order valence-corrected chi connectivity index (χ0v) is 15.0. The van der Waals surface area contributed by atoms with Gasteiger partial charge in [-0.3, -0.25) is 0 Å². The van der Waals surface area contributed by atoms with Crippen molar-refractivity contribution in [1.29, 1.82) is 0 Å². The summed E-state index contributed by atoms with van der Waals surface area (Å²) in [5.41, 5.74) is 5.61. The Balaban J connectivity index is 0.00000208. The van der Waals surface area contributed by atoms with E-state index >= 15 is 0 Å². The zero-order valence-electron chi connectivity index (χ0n) is 14.2. The summed E-state index contributed by atoms with van der Waals surface area (Å²) in [6, 6.07) is 9.53. The van der Waals surface area contributed by atoms with E-state index in [4.69, 9.17) is 19.7 Å². The van der Waals surface area contributed by atoms with Crippen molar-refractivity contribution in [2.75, 3.05) is 6.61 Å². The molecule has 2 N–H and O–H groups in total. The molecule has 1 heterocycles. The van der Waals surface area contributed by atoms with Crippen LogP contribution in [-0.4, -0.2) is 22.9 Å². The number of benzene rings is 1. The van der Waals surface area contributed by atoms with Crippen molar-refractivity contribution in [3.8, 4) is 5.75 Å². The van der Waals surface area contributed by atoms with Crippen molar-refractivity contribution in [2.45, 2.75) is 45.4 Å². The van der Waals surface area contributed by atoms with Gasteiger partial charge in [0.1, 0.15) is 11.3 Å². The van der Waals surface area contributed by atoms with Crippen molar-refractivity contribution in [3.63, 3.8) is 0 Å². The Labute approximate surface area is 148 Å². The van der Waals surface area contributed by atoms with Crippen LogP contribution in [0.3, 0.4) is 0 Å². The predicted octanol–water partition coefficient (Wildman–Crippen LogP) is 3.06. The van der Waals surface area contributed by atoms with Gasteiger partial charge in [-0.1, -0.05) is 37.2 Å². The van der Waals surface area contributed by atoms with Crippen LogP contribution in [0.4, 0.5) is 0 Å². The lowest BCUT2D eigenvalue weighted by Crippen LogP contribution is -2.67. The average Bonchev–Trinajstić information content (AvgIpc) is 3.03. The Morgan fingerprint density at radius 1 is 1.29 bits per heavy atom. The second kappa shape index (κ2) is 7.09. The summed E-state index contributed by atoms with van der Waals surface area (Å²) in [6.45, 7) is 7.05. The second-order valence-corrected chi connectivity index (χ2v) is 6.46. The van der Waals surface area contributed by atoms with Crippen LogP contribution in [0.1, 0.15) is 38.9 Å². The normalized spacial score (nSPS) is 24.8. The Morgan fingerprint density at radius 3 is 2.62 bits per heavy atom. The number of halogens is 1. The van der Waals surface area contributed by atoms with Crippen LogP contribution >= 0.6 is 12.4 Å². The number of nitrogens with zero attached hydrogens (tertiary/aromatic N) is 2. The molecule has 1 aliphatic carbocycles. The zero-order chi connectivity index (χ0) is 16.5. The highest BCUT2D eigenvalue weighted by Crippen LogP contribution is 2.55. The van der Waals surface area contributed by atoms with Crippen LogP contribution in [-0.2, 0) is 16.9 Å². The molecule has 0 aliphatic heterocycles. The van der Waals surface area contributed by atoms with Crippen molar-refractivity contribution < 1.29 is 14.0 Å². The molecule has 24 heavy (non-hydrogen) atoms. The topological polar surface area (TPSA) is 83.4 Å². The van der Waals surface area contributed by atoms with Gasteiger partial charge in [0.05, 0.1) is 6.10 Å². The molecule has 1 aromatic heterocycles. The van der Waals surface area contributed by atoms with E-state index in [2.05, 4.69) is 24.0 Å². The minimum absolute atomic E-state index is 0. The second-order valence-electron chi connectivity index (χ2n) is 6.46. The third-order valence-corrected chi connectivity index (χ3v) is 4.79. The molecule has 7 heteroatoms. The summed E-state index contributed by atoms with van der Waals surface area (Å²) in [5, 5.41) is 3.98. The maximum atomic E-state index is 6.53. The Kier molecular flexibility index (Phi) is 5.52. The minimum atomic E-state index is -0.662. The Hall–Kier alpha value is -1.63. The van der Waals surface area contributed by atoms with Crippen LogP contribution < -0.4 is 10.5 Å². The third kappa shape index (κ3) is 3.14. The number of rotatable bonds is 6. The van der Waals surface area contributed by atoms with Crippen LogP contribution in [0.15, 0.2) is 34.9 Å². The van der Waals surface area contributed by atoms with E-state index in [-0.39, 0.29) is 30.5 Å². The maximum Gasteiger partial charge on any atom is 0.247 e. The van der Waals surface area contributed by atoms with Gasteiger partial charge in [-0.05, 0) is 19.1 Å². The predicted molar refractivity (Wildman–Crippen MR) is 92.0 cm³/mol. The number of nitrogens with two attached hydrogens (primary N) is 1. The van der Waals surface area contributed by atoms with Gasteiger partial charge in [0, 0.05) is 18.4 Å². The molecule has 1 saturated carbocycles. The Morgan fingerprint density at radius 2 is 2.00 bits per heavy atom. The molecule has 1 aliphatic rings. The molecule has 0 amide bonds. The van der Waals surface area contributed by atoms with Crippen LogP contribution in [0, 0.1) is 5.41 Å². The van der Waals surface area contributed by atoms with Crippen molar-refractivity contribution in [1.82, 2.24) is 10.1 Å². The number of hydrogen-bond acceptors (Lipinski definition) is 6. The first-order valence-corrected chi connectivity index (χ1v) is 7.89. The third-order valence-electron chi connectivity index (χ3n) is 4.79. The molecule has 0 bridgehead atoms. The van der Waals surface area contributed by atoms with Gasteiger partial charge in [0.2, 0.25) is 11.7 Å². The van der Waals surface area contributed by atoms with E-state index in [0.29, 0.717) is 24.7 Å². The first-order chi connectivity index (χ1) is 11.0. The molecule has 3 rings (SSSR count). The standard InChI is InChI=1S/C17H23N3O3.ClH/c1-4-21-13-10-17(18,16(13,2)3)15-19-14(20-23-15)11-22-12-8-6-5-7-9-12;/h5-9,13H,4,10-11,18H2,1-3H3;1H. The lowest BCUT2D eigenvalue weighted by atomic mass is 9.54. The van der Waals surface area contributed by atoms with Gasteiger partial charge in [-0.15, -0.1) is 12.4 Å². The van der Waals surface area contributed by atoms with Gasteiger partial charge >= 0.3 is 0 Å². The van der Waals surface area contributed by atoms with Gasteiger partial charge in [0.15, 0.2) is 6.61 Å². The Bertz CT molecular complexity index is 662. The van der Waals surface area contributed by atoms with E-state index < -0.39 is 5.54 Å². The molecular formula is C17H24ClN3O3. The van der Waals surface area contributed by atoms with Crippen molar-refractivity contribution in [3.05, 3.63) is 42.0 Å². The lowest BCUT2D eigenvalue weighted by molar-refractivity contribution is -0.162. The van der Waals surface area contributed by atoms with E-state index in [0.717, 1.165) is 5.75 Å². The van der Waals surface area contributed by atoms with E-state index in [9.17, 15) is 0 Å². The number of para-hydroxylation sites is 1. The summed E-state index contributed by atoms with van der Waals surface area (Å²) >= 11 is 0. The van der Waals surface area contributed by atoms with Gasteiger partial charge in [0.25, 0.3) is 0 Å². The van der Waals surface area contributed by atoms with Crippen LogP contribution in [0.5, 0.6) is 5.75 Å². The van der Waals surface area contributed by atoms with Gasteiger partial charge in [-0.2, -0.15) is 4.98 Å². The first-order valence-electron chi connectivity index (χ1n) is 7.89. The minimum Gasteiger partial charge on any atom is -0.485 e. The fourth-order valence-corrected chi connectivity index (χ4v) is 2.96. The van der Waals surface area contributed by atoms with E-state index in [1.165, 1.54) is 0 Å². The first kappa shape index (κ1) is 18.7. The largest absolute Gasteiger partial charge is 0.485 e. The highest BCUT2D eigenvalue weighted by atomic mass is 35.5. The van der Waals surface area contributed by atoms with Crippen LogP contribution in [0.2, 0.25) is 0 Å². The molecule has 2 aromatic rings. The summed E-state index contributed by atoms with van der Waals surface area (Å²) in [6.07, 6.45) is 0.781. The summed E-state index contributed by atoms with van der Waals surface area (Å²) < 4.78 is 16.8. The quantitative estimate of drug-likeness (QED) is 0.859. The summed E-state index contributed by atoms with van der Waals surface area (Å²) in [4.78, 5) is 4.43. The lowest BCUT2D eigenvalue weighted by Gasteiger charge is -2.56. The summed E-state index contributed by atoms with van der Waals surface area (Å²) in [7, 11) is 0. The molecule has 1 aromatic carbocycles. The fourth-order valence-electron chi connectivity index (χ4n) is 2.96. The highest BCUT2D eigenvalue weighted by molar-refractivity contribution is 5.85. The average molecular weight is 354 g/mol. The van der Waals surface area contributed by atoms with Gasteiger partial charge < -0.3 is 19.7 Å². The van der Waals surface area contributed by atoms with Crippen LogP contribution in [0.25, 0.3) is 0 Å². The number of aromatic nitrogens is 2.